The second-order valence-electron chi connectivity index (χ2n) is 6.34. The molecule has 7 nitrogen and oxygen atoms in total. The highest BCUT2D eigenvalue weighted by Crippen LogP contribution is 2.15. The fraction of sp³-hybridized carbons (Fsp3) is 0.500. The maximum atomic E-state index is 12.6. The van der Waals surface area contributed by atoms with Crippen LogP contribution in [0.3, 0.4) is 0 Å². The minimum Gasteiger partial charge on any atom is -0.481 e. The van der Waals surface area contributed by atoms with E-state index in [0.717, 1.165) is 5.56 Å². The minimum absolute atomic E-state index is 0.0130. The summed E-state index contributed by atoms with van der Waals surface area (Å²) in [6.07, 6.45) is 0.385. The summed E-state index contributed by atoms with van der Waals surface area (Å²) >= 11 is 0. The molecular formula is C18H25N3O4. The van der Waals surface area contributed by atoms with Gasteiger partial charge in [0.2, 0.25) is 5.91 Å². The lowest BCUT2D eigenvalue weighted by Gasteiger charge is -2.39. The number of nitrogens with zero attached hydrogens (tertiary/aromatic N) is 2. The van der Waals surface area contributed by atoms with Crippen LogP contribution in [0.1, 0.15) is 30.9 Å². The lowest BCUT2D eigenvalue weighted by atomic mass is 10.1. The van der Waals surface area contributed by atoms with Gasteiger partial charge in [0, 0.05) is 32.6 Å². The number of piperazine rings is 1. The van der Waals surface area contributed by atoms with Gasteiger partial charge in [0.15, 0.2) is 0 Å². The molecule has 1 fully saturated rings. The Morgan fingerprint density at radius 3 is 2.56 bits per heavy atom. The number of carbonyl (C=O) groups is 3. The fourth-order valence-electron chi connectivity index (χ4n) is 2.81. The van der Waals surface area contributed by atoms with Crippen LogP contribution in [-0.4, -0.2) is 58.5 Å². The summed E-state index contributed by atoms with van der Waals surface area (Å²) in [6.45, 7) is 5.52. The average molecular weight is 347 g/mol. The summed E-state index contributed by atoms with van der Waals surface area (Å²) in [5.41, 5.74) is 2.24. The molecule has 1 atom stereocenters. The molecule has 0 aromatic heterocycles. The van der Waals surface area contributed by atoms with Gasteiger partial charge in [-0.05, 0) is 25.8 Å². The van der Waals surface area contributed by atoms with Gasteiger partial charge in [0.05, 0.1) is 0 Å². The molecule has 2 rings (SSSR count). The molecule has 1 aliphatic heterocycles. The standard InChI is InChI=1S/C18H25N3O4/c1-13-5-7-15(8-6-13)12-20-10-11-21(14(2)17(20)24)18(25)19-9-3-4-16(22)23/h5-8,14H,3-4,9-12H2,1-2H3,(H,19,25)(H,22,23). The molecule has 0 spiro atoms. The monoisotopic (exact) mass is 347 g/mol. The zero-order chi connectivity index (χ0) is 18.4. The van der Waals surface area contributed by atoms with Crippen molar-refractivity contribution in [3.8, 4) is 0 Å². The number of benzene rings is 1. The molecule has 0 aliphatic carbocycles. The zero-order valence-electron chi connectivity index (χ0n) is 14.7. The number of rotatable bonds is 6. The van der Waals surface area contributed by atoms with Crippen molar-refractivity contribution in [1.29, 1.82) is 0 Å². The first-order chi connectivity index (χ1) is 11.9. The molecular weight excluding hydrogens is 322 g/mol. The SMILES string of the molecule is Cc1ccc(CN2CCN(C(=O)NCCCC(=O)O)C(C)C2=O)cc1. The van der Waals surface area contributed by atoms with Crippen LogP contribution in [0.15, 0.2) is 24.3 Å². The van der Waals surface area contributed by atoms with Crippen molar-refractivity contribution in [3.05, 3.63) is 35.4 Å². The first kappa shape index (κ1) is 18.8. The van der Waals surface area contributed by atoms with Crippen LogP contribution in [0.2, 0.25) is 0 Å². The van der Waals surface area contributed by atoms with Gasteiger partial charge in [0.1, 0.15) is 6.04 Å². The average Bonchev–Trinajstić information content (AvgIpc) is 2.57. The highest BCUT2D eigenvalue weighted by atomic mass is 16.4. The van der Waals surface area contributed by atoms with E-state index in [9.17, 15) is 14.4 Å². The molecule has 136 valence electrons. The third-order valence-corrected chi connectivity index (χ3v) is 4.35. The Morgan fingerprint density at radius 1 is 1.24 bits per heavy atom. The Morgan fingerprint density at radius 2 is 1.92 bits per heavy atom. The maximum Gasteiger partial charge on any atom is 0.318 e. The van der Waals surface area contributed by atoms with E-state index in [2.05, 4.69) is 5.32 Å². The van der Waals surface area contributed by atoms with Crippen molar-refractivity contribution in [3.63, 3.8) is 0 Å². The molecule has 0 radical (unpaired) electrons. The van der Waals surface area contributed by atoms with E-state index in [1.807, 2.05) is 31.2 Å². The van der Waals surface area contributed by atoms with Crippen LogP contribution in [0.5, 0.6) is 0 Å². The zero-order valence-corrected chi connectivity index (χ0v) is 14.7. The maximum absolute atomic E-state index is 12.6. The number of hydrogen-bond acceptors (Lipinski definition) is 3. The molecule has 1 aliphatic rings. The molecule has 0 bridgehead atoms. The normalized spacial score (nSPS) is 17.5. The second-order valence-corrected chi connectivity index (χ2v) is 6.34. The minimum atomic E-state index is -0.887. The molecule has 3 amide bonds. The van der Waals surface area contributed by atoms with Crippen molar-refractivity contribution >= 4 is 17.9 Å². The van der Waals surface area contributed by atoms with Crippen LogP contribution in [0.4, 0.5) is 4.79 Å². The number of nitrogens with one attached hydrogen (secondary N) is 1. The highest BCUT2D eigenvalue weighted by Gasteiger charge is 2.34. The molecule has 1 heterocycles. The van der Waals surface area contributed by atoms with Crippen LogP contribution in [0.25, 0.3) is 0 Å². The molecule has 1 aromatic carbocycles. The van der Waals surface area contributed by atoms with Gasteiger partial charge >= 0.3 is 12.0 Å². The van der Waals surface area contributed by atoms with E-state index in [4.69, 9.17) is 5.11 Å². The third kappa shape index (κ3) is 5.20. The van der Waals surface area contributed by atoms with E-state index in [1.165, 1.54) is 10.5 Å². The second kappa shape index (κ2) is 8.50. The third-order valence-electron chi connectivity index (χ3n) is 4.35. The molecule has 7 heteroatoms. The lowest BCUT2D eigenvalue weighted by Crippen LogP contribution is -2.59. The molecule has 2 N–H and O–H groups in total. The Hall–Kier alpha value is -2.57. The van der Waals surface area contributed by atoms with Crippen LogP contribution >= 0.6 is 0 Å². The number of aliphatic carboxylic acids is 1. The first-order valence-corrected chi connectivity index (χ1v) is 8.49. The van der Waals surface area contributed by atoms with E-state index >= 15 is 0 Å². The van der Waals surface area contributed by atoms with Gasteiger partial charge in [-0.1, -0.05) is 29.8 Å². The van der Waals surface area contributed by atoms with Crippen LogP contribution < -0.4 is 5.32 Å². The van der Waals surface area contributed by atoms with Gasteiger partial charge < -0.3 is 20.2 Å². The van der Waals surface area contributed by atoms with E-state index in [0.29, 0.717) is 26.1 Å². The van der Waals surface area contributed by atoms with Crippen molar-refractivity contribution < 1.29 is 19.5 Å². The van der Waals surface area contributed by atoms with Crippen molar-refractivity contribution in [2.24, 2.45) is 0 Å². The molecule has 0 saturated carbocycles. The Balaban J connectivity index is 1.86. The smallest absolute Gasteiger partial charge is 0.318 e. The number of aryl methyl sites for hydroxylation is 1. The van der Waals surface area contributed by atoms with Gasteiger partial charge in [-0.3, -0.25) is 9.59 Å². The number of urea groups is 1. The predicted octanol–water partition coefficient (Wildman–Crippen LogP) is 1.60. The van der Waals surface area contributed by atoms with E-state index in [1.54, 1.807) is 11.8 Å². The molecule has 25 heavy (non-hydrogen) atoms. The van der Waals surface area contributed by atoms with Gasteiger partial charge in [0.25, 0.3) is 0 Å². The van der Waals surface area contributed by atoms with Crippen LogP contribution in [0, 0.1) is 6.92 Å². The molecule has 1 saturated heterocycles. The number of carboxylic acids is 1. The van der Waals surface area contributed by atoms with Gasteiger partial charge in [-0.15, -0.1) is 0 Å². The summed E-state index contributed by atoms with van der Waals surface area (Å²) < 4.78 is 0. The summed E-state index contributed by atoms with van der Waals surface area (Å²) in [5.74, 6) is -0.963. The Labute approximate surface area is 147 Å². The highest BCUT2D eigenvalue weighted by molar-refractivity contribution is 5.88. The van der Waals surface area contributed by atoms with Crippen molar-refractivity contribution in [1.82, 2.24) is 15.1 Å². The lowest BCUT2D eigenvalue weighted by molar-refractivity contribution is -0.140. The number of amides is 3. The van der Waals surface area contributed by atoms with Crippen molar-refractivity contribution in [2.45, 2.75) is 39.3 Å². The summed E-state index contributed by atoms with van der Waals surface area (Å²) in [6, 6.07) is 7.21. The Kier molecular flexibility index (Phi) is 6.38. The van der Waals surface area contributed by atoms with Gasteiger partial charge in [-0.2, -0.15) is 0 Å². The fourth-order valence-corrected chi connectivity index (χ4v) is 2.81. The summed E-state index contributed by atoms with van der Waals surface area (Å²) in [7, 11) is 0. The summed E-state index contributed by atoms with van der Waals surface area (Å²) in [5, 5.41) is 11.3. The van der Waals surface area contributed by atoms with E-state index < -0.39 is 12.0 Å². The largest absolute Gasteiger partial charge is 0.481 e. The quantitative estimate of drug-likeness (QED) is 0.765. The number of hydrogen-bond donors (Lipinski definition) is 2. The van der Waals surface area contributed by atoms with Crippen molar-refractivity contribution in [2.75, 3.05) is 19.6 Å². The summed E-state index contributed by atoms with van der Waals surface area (Å²) in [4.78, 5) is 38.5. The Bertz CT molecular complexity index is 630. The van der Waals surface area contributed by atoms with Gasteiger partial charge in [-0.25, -0.2) is 4.79 Å². The van der Waals surface area contributed by atoms with E-state index in [-0.39, 0.29) is 24.9 Å². The number of carbonyl (C=O) groups excluding carboxylic acids is 2. The topological polar surface area (TPSA) is 89.9 Å². The number of carboxylic acid groups (broad SMARTS) is 1. The molecule has 1 aromatic rings. The predicted molar refractivity (Wildman–Crippen MR) is 93.0 cm³/mol. The molecule has 1 unspecified atom stereocenters. The first-order valence-electron chi connectivity index (χ1n) is 8.49. The van der Waals surface area contributed by atoms with Crippen LogP contribution in [-0.2, 0) is 16.1 Å².